The first-order valence-corrected chi connectivity index (χ1v) is 8.67. The van der Waals surface area contributed by atoms with Crippen molar-refractivity contribution < 1.29 is 19.5 Å². The highest BCUT2D eigenvalue weighted by atomic mass is 32.2. The molecule has 0 aromatic carbocycles. The van der Waals surface area contributed by atoms with Gasteiger partial charge in [-0.3, -0.25) is 14.6 Å². The number of carbonyl (C=O) groups excluding carboxylic acids is 2. The Kier molecular flexibility index (Phi) is 6.25. The molecule has 2 unspecified atom stereocenters. The van der Waals surface area contributed by atoms with Gasteiger partial charge in [0, 0.05) is 37.2 Å². The van der Waals surface area contributed by atoms with Gasteiger partial charge in [-0.25, -0.2) is 9.59 Å². The van der Waals surface area contributed by atoms with Gasteiger partial charge in [0.2, 0.25) is 0 Å². The Balaban J connectivity index is 0.000000156. The van der Waals surface area contributed by atoms with Crippen LogP contribution in [0, 0.1) is 0 Å². The molecule has 4 rings (SSSR count). The molecule has 5 N–H and O–H groups in total. The summed E-state index contributed by atoms with van der Waals surface area (Å²) in [7, 11) is 0. The highest BCUT2D eigenvalue weighted by Gasteiger charge is 2.31. The lowest BCUT2D eigenvalue weighted by molar-refractivity contribution is -0.122. The average molecular weight is 384 g/mol. The van der Waals surface area contributed by atoms with Crippen LogP contribution in [0.4, 0.5) is 9.59 Å². The Labute approximate surface area is 152 Å². The minimum atomic E-state index is -0.412. The molecule has 0 aromatic heterocycles. The fourth-order valence-electron chi connectivity index (χ4n) is 2.11. The second-order valence-electron chi connectivity index (χ2n) is 4.58. The van der Waals surface area contributed by atoms with E-state index in [0.717, 1.165) is 0 Å². The quantitative estimate of drug-likeness (QED) is 0.526. The molecule has 0 saturated carbocycles. The van der Waals surface area contributed by atoms with E-state index in [1.54, 1.807) is 35.9 Å². The van der Waals surface area contributed by atoms with Gasteiger partial charge in [0.15, 0.2) is 11.0 Å². The number of rotatable bonds is 0. The summed E-state index contributed by atoms with van der Waals surface area (Å²) >= 11 is 3.11. The maximum atomic E-state index is 10.8. The van der Waals surface area contributed by atoms with Crippen LogP contribution in [0.25, 0.3) is 0 Å². The van der Waals surface area contributed by atoms with E-state index in [4.69, 9.17) is 21.4 Å². The van der Waals surface area contributed by atoms with Crippen LogP contribution in [-0.2, 0) is 4.79 Å². The van der Waals surface area contributed by atoms with E-state index in [2.05, 4.69) is 0 Å². The third kappa shape index (κ3) is 4.22. The number of hydrogen-bond donors (Lipinski definition) is 3. The Bertz CT molecular complexity index is 600. The smallest absolute Gasteiger partial charge is 0.321 e. The molecule has 0 aliphatic carbocycles. The van der Waals surface area contributed by atoms with E-state index in [1.807, 2.05) is 45.4 Å². The molecule has 25 heavy (non-hydrogen) atoms. The van der Waals surface area contributed by atoms with Crippen molar-refractivity contribution >= 4 is 42.1 Å². The number of fused-ring (bicyclic) bond motifs is 2. The number of primary amides is 2. The molecule has 10 nitrogen and oxygen atoms in total. The Morgan fingerprint density at radius 3 is 1.52 bits per heavy atom. The summed E-state index contributed by atoms with van der Waals surface area (Å²) in [6.07, 6.45) is 10.8. The standard InChI is InChI=1S/2C6H7N3OS.CH2O2/c2*7-5(10)9-2-1-8-3-4-11-6(8)9;2-1-3/h2*1-4,6H,(H2,7,10);1H,(H,2,3). The van der Waals surface area contributed by atoms with Crippen LogP contribution in [0.1, 0.15) is 0 Å². The Morgan fingerprint density at radius 2 is 1.20 bits per heavy atom. The van der Waals surface area contributed by atoms with Gasteiger partial charge in [-0.2, -0.15) is 0 Å². The molecule has 0 radical (unpaired) electrons. The van der Waals surface area contributed by atoms with Crippen molar-refractivity contribution in [1.82, 2.24) is 19.6 Å². The molecule has 12 heteroatoms. The van der Waals surface area contributed by atoms with Crippen molar-refractivity contribution in [2.45, 2.75) is 11.0 Å². The summed E-state index contributed by atoms with van der Waals surface area (Å²) in [5, 5.41) is 10.8. The van der Waals surface area contributed by atoms with E-state index >= 15 is 0 Å². The largest absolute Gasteiger partial charge is 0.483 e. The lowest BCUT2D eigenvalue weighted by atomic mass is 10.7. The SMILES string of the molecule is NC(=O)N1C=CN2C=CSC21.NC(=O)N1C=CN2C=CSC21.O=CO. The molecule has 4 aliphatic heterocycles. The number of amides is 4. The van der Waals surface area contributed by atoms with Crippen molar-refractivity contribution in [3.63, 3.8) is 0 Å². The van der Waals surface area contributed by atoms with Gasteiger partial charge in [0.1, 0.15) is 0 Å². The van der Waals surface area contributed by atoms with Crippen molar-refractivity contribution in [1.29, 1.82) is 0 Å². The fourth-order valence-corrected chi connectivity index (χ4v) is 3.99. The molecule has 0 bridgehead atoms. The van der Waals surface area contributed by atoms with Crippen LogP contribution >= 0.6 is 23.5 Å². The highest BCUT2D eigenvalue weighted by molar-refractivity contribution is 8.03. The van der Waals surface area contributed by atoms with Crippen molar-refractivity contribution in [3.8, 4) is 0 Å². The zero-order valence-corrected chi connectivity index (χ0v) is 14.4. The van der Waals surface area contributed by atoms with Crippen LogP contribution in [-0.4, -0.2) is 54.2 Å². The van der Waals surface area contributed by atoms with Crippen LogP contribution < -0.4 is 11.5 Å². The molecular weight excluding hydrogens is 368 g/mol. The summed E-state index contributed by atoms with van der Waals surface area (Å²) in [4.78, 5) is 36.7. The number of carbonyl (C=O) groups is 3. The second-order valence-corrected chi connectivity index (χ2v) is 6.51. The van der Waals surface area contributed by atoms with Crippen LogP contribution in [0.2, 0.25) is 0 Å². The monoisotopic (exact) mass is 384 g/mol. The first-order valence-electron chi connectivity index (χ1n) is 6.78. The molecule has 134 valence electrons. The summed E-state index contributed by atoms with van der Waals surface area (Å²) < 4.78 is 0. The van der Waals surface area contributed by atoms with Gasteiger partial charge in [-0.15, -0.1) is 0 Å². The van der Waals surface area contributed by atoms with Crippen LogP contribution in [0.15, 0.2) is 48.0 Å². The van der Waals surface area contributed by atoms with Crippen LogP contribution in [0.3, 0.4) is 0 Å². The maximum absolute atomic E-state index is 10.8. The van der Waals surface area contributed by atoms with Gasteiger partial charge in [0.05, 0.1) is 0 Å². The summed E-state index contributed by atoms with van der Waals surface area (Å²) in [5.41, 5.74) is 10.3. The minimum Gasteiger partial charge on any atom is -0.483 e. The van der Waals surface area contributed by atoms with Gasteiger partial charge >= 0.3 is 12.1 Å². The molecule has 2 atom stereocenters. The molecule has 0 fully saturated rings. The zero-order chi connectivity index (χ0) is 18.4. The third-order valence-corrected chi connectivity index (χ3v) is 5.15. The second kappa shape index (κ2) is 8.39. The highest BCUT2D eigenvalue weighted by Crippen LogP contribution is 2.32. The number of thioether (sulfide) groups is 2. The van der Waals surface area contributed by atoms with E-state index in [1.165, 1.54) is 9.80 Å². The van der Waals surface area contributed by atoms with E-state index in [0.29, 0.717) is 0 Å². The molecule has 4 aliphatic rings. The van der Waals surface area contributed by atoms with Crippen molar-refractivity contribution in [2.75, 3.05) is 0 Å². The van der Waals surface area contributed by atoms with Gasteiger partial charge in [-0.1, -0.05) is 23.5 Å². The summed E-state index contributed by atoms with van der Waals surface area (Å²) in [6, 6.07) is -0.824. The molecule has 0 aromatic rings. The van der Waals surface area contributed by atoms with Gasteiger partial charge < -0.3 is 26.4 Å². The number of carboxylic acid groups (broad SMARTS) is 1. The molecular formula is C13H16N6O4S2. The maximum Gasteiger partial charge on any atom is 0.321 e. The van der Waals surface area contributed by atoms with Gasteiger partial charge in [-0.05, 0) is 10.8 Å². The molecule has 4 heterocycles. The van der Waals surface area contributed by atoms with Crippen molar-refractivity contribution in [3.05, 3.63) is 48.0 Å². The zero-order valence-electron chi connectivity index (χ0n) is 12.8. The number of hydrogen-bond acceptors (Lipinski definition) is 7. The van der Waals surface area contributed by atoms with Crippen LogP contribution in [0.5, 0.6) is 0 Å². The summed E-state index contributed by atoms with van der Waals surface area (Å²) in [5.74, 6) is 0. The third-order valence-electron chi connectivity index (χ3n) is 3.16. The first kappa shape index (κ1) is 18.6. The lowest BCUT2D eigenvalue weighted by Gasteiger charge is -2.21. The minimum absolute atomic E-state index is 0.0208. The van der Waals surface area contributed by atoms with E-state index in [-0.39, 0.29) is 17.5 Å². The van der Waals surface area contributed by atoms with Gasteiger partial charge in [0.25, 0.3) is 6.47 Å². The number of urea groups is 2. The summed E-state index contributed by atoms with van der Waals surface area (Å²) in [6.45, 7) is -0.250. The first-order chi connectivity index (χ1) is 12.0. The fraction of sp³-hybridized carbons (Fsp3) is 0.154. The Hall–Kier alpha value is -2.73. The Morgan fingerprint density at radius 1 is 0.840 bits per heavy atom. The molecule has 0 saturated heterocycles. The number of nitrogens with zero attached hydrogens (tertiary/aromatic N) is 4. The normalized spacial score (nSPS) is 23.7. The molecule has 4 amide bonds. The van der Waals surface area contributed by atoms with Crippen molar-refractivity contribution in [2.24, 2.45) is 11.5 Å². The van der Waals surface area contributed by atoms with E-state index < -0.39 is 12.1 Å². The predicted molar refractivity (Wildman–Crippen MR) is 94.5 cm³/mol. The topological polar surface area (TPSA) is 136 Å². The predicted octanol–water partition coefficient (Wildman–Crippen LogP) is 1.01. The lowest BCUT2D eigenvalue weighted by Crippen LogP contribution is -2.38. The number of nitrogens with two attached hydrogens (primary N) is 2. The average Bonchev–Trinajstić information content (AvgIpc) is 3.28. The van der Waals surface area contributed by atoms with E-state index in [9.17, 15) is 9.59 Å². The molecule has 0 spiro atoms.